The van der Waals surface area contributed by atoms with Crippen LogP contribution in [0.3, 0.4) is 0 Å². The van der Waals surface area contributed by atoms with Gasteiger partial charge in [-0.25, -0.2) is 0 Å². The molecule has 1 saturated carbocycles. The van der Waals surface area contributed by atoms with E-state index in [4.69, 9.17) is 17.3 Å². The lowest BCUT2D eigenvalue weighted by molar-refractivity contribution is 0.101. The van der Waals surface area contributed by atoms with Crippen LogP contribution < -0.4 is 11.1 Å². The molecule has 1 amide bonds. The van der Waals surface area contributed by atoms with Gasteiger partial charge in [0.25, 0.3) is 5.91 Å². The first-order valence-electron chi connectivity index (χ1n) is 6.18. The smallest absolute Gasteiger partial charge is 0.272 e. The Morgan fingerprint density at radius 2 is 2.16 bits per heavy atom. The van der Waals surface area contributed by atoms with Gasteiger partial charge in [0.1, 0.15) is 5.69 Å². The maximum atomic E-state index is 12.3. The van der Waals surface area contributed by atoms with Crippen molar-refractivity contribution in [1.82, 2.24) is 4.57 Å². The summed E-state index contributed by atoms with van der Waals surface area (Å²) in [5.41, 5.74) is 7.58. The number of nitrogens with one attached hydrogen (secondary N) is 1. The summed E-state index contributed by atoms with van der Waals surface area (Å²) in [6.45, 7) is 0. The Kier molecular flexibility index (Phi) is 2.95. The van der Waals surface area contributed by atoms with E-state index in [9.17, 15) is 4.79 Å². The zero-order valence-corrected chi connectivity index (χ0v) is 11.0. The Hall–Kier alpha value is -1.94. The highest BCUT2D eigenvalue weighted by Crippen LogP contribution is 2.37. The van der Waals surface area contributed by atoms with Crippen LogP contribution in [0.5, 0.6) is 0 Å². The van der Waals surface area contributed by atoms with Crippen LogP contribution in [-0.2, 0) is 0 Å². The van der Waals surface area contributed by atoms with E-state index < -0.39 is 0 Å². The number of aromatic nitrogens is 1. The minimum atomic E-state index is -0.163. The molecule has 1 aromatic heterocycles. The summed E-state index contributed by atoms with van der Waals surface area (Å²) >= 11 is 5.99. The number of nitrogens with zero attached hydrogens (tertiary/aromatic N) is 1. The average molecular weight is 276 g/mol. The van der Waals surface area contributed by atoms with Crippen molar-refractivity contribution in [3.63, 3.8) is 0 Å². The Morgan fingerprint density at radius 1 is 1.37 bits per heavy atom. The molecule has 0 spiro atoms. The van der Waals surface area contributed by atoms with Gasteiger partial charge >= 0.3 is 0 Å². The lowest BCUT2D eigenvalue weighted by Gasteiger charge is -2.09. The van der Waals surface area contributed by atoms with E-state index in [1.54, 1.807) is 30.3 Å². The molecule has 0 unspecified atom stereocenters. The fraction of sp³-hybridized carbons (Fsp3) is 0.214. The molecule has 0 bridgehead atoms. The van der Waals surface area contributed by atoms with E-state index in [1.807, 2.05) is 10.8 Å². The van der Waals surface area contributed by atoms with Gasteiger partial charge in [-0.2, -0.15) is 0 Å². The van der Waals surface area contributed by atoms with Crippen molar-refractivity contribution < 1.29 is 4.79 Å². The second-order valence-electron chi connectivity index (χ2n) is 4.76. The molecule has 5 heteroatoms. The first-order chi connectivity index (χ1) is 9.13. The quantitative estimate of drug-likeness (QED) is 0.844. The van der Waals surface area contributed by atoms with Gasteiger partial charge in [-0.3, -0.25) is 4.79 Å². The second-order valence-corrected chi connectivity index (χ2v) is 5.20. The molecule has 4 nitrogen and oxygen atoms in total. The third kappa shape index (κ3) is 2.58. The zero-order valence-electron chi connectivity index (χ0n) is 10.3. The van der Waals surface area contributed by atoms with E-state index in [1.165, 1.54) is 0 Å². The zero-order chi connectivity index (χ0) is 13.4. The fourth-order valence-electron chi connectivity index (χ4n) is 2.09. The number of hydrogen-bond acceptors (Lipinski definition) is 2. The van der Waals surface area contributed by atoms with Gasteiger partial charge in [-0.1, -0.05) is 17.7 Å². The third-order valence-electron chi connectivity index (χ3n) is 3.13. The summed E-state index contributed by atoms with van der Waals surface area (Å²) in [5.74, 6) is -0.163. The number of hydrogen-bond donors (Lipinski definition) is 2. The molecule has 1 aliphatic rings. The van der Waals surface area contributed by atoms with Crippen LogP contribution in [0.2, 0.25) is 5.02 Å². The largest absolute Gasteiger partial charge is 0.399 e. The van der Waals surface area contributed by atoms with Crippen molar-refractivity contribution in [2.24, 2.45) is 0 Å². The van der Waals surface area contributed by atoms with Crippen LogP contribution in [0.25, 0.3) is 0 Å². The molecular weight excluding hydrogens is 262 g/mol. The summed E-state index contributed by atoms with van der Waals surface area (Å²) in [5, 5.41) is 3.42. The van der Waals surface area contributed by atoms with Crippen molar-refractivity contribution in [3.8, 4) is 0 Å². The molecule has 1 aromatic carbocycles. The van der Waals surface area contributed by atoms with Crippen LogP contribution in [0.4, 0.5) is 11.4 Å². The molecule has 1 heterocycles. The summed E-state index contributed by atoms with van der Waals surface area (Å²) in [6, 6.07) is 9.22. The van der Waals surface area contributed by atoms with Crippen molar-refractivity contribution in [2.45, 2.75) is 18.9 Å². The molecular formula is C14H14ClN3O. The number of nitrogens with two attached hydrogens (primary N) is 1. The molecule has 98 valence electrons. The summed E-state index contributed by atoms with van der Waals surface area (Å²) in [6.07, 6.45) is 4.01. The molecule has 3 N–H and O–H groups in total. The van der Waals surface area contributed by atoms with Crippen LogP contribution in [0, 0.1) is 0 Å². The highest BCUT2D eigenvalue weighted by molar-refractivity contribution is 6.31. The third-order valence-corrected chi connectivity index (χ3v) is 3.34. The number of amides is 1. The van der Waals surface area contributed by atoms with Crippen molar-refractivity contribution in [3.05, 3.63) is 47.2 Å². The van der Waals surface area contributed by atoms with E-state index >= 15 is 0 Å². The van der Waals surface area contributed by atoms with Crippen molar-refractivity contribution in [1.29, 1.82) is 0 Å². The van der Waals surface area contributed by atoms with Gasteiger partial charge < -0.3 is 15.6 Å². The summed E-state index contributed by atoms with van der Waals surface area (Å²) < 4.78 is 1.95. The first kappa shape index (κ1) is 12.1. The first-order valence-corrected chi connectivity index (χ1v) is 6.55. The standard InChI is InChI=1S/C14H14ClN3O/c15-9-6-13(18(8-9)12-4-5-12)14(19)17-11-3-1-2-10(16)7-11/h1-3,6-8,12H,4-5,16H2,(H,17,19). The SMILES string of the molecule is Nc1cccc(NC(=O)c2cc(Cl)cn2C2CC2)c1. The van der Waals surface area contributed by atoms with Crippen molar-refractivity contribution >= 4 is 28.9 Å². The molecule has 2 aromatic rings. The summed E-state index contributed by atoms with van der Waals surface area (Å²) in [7, 11) is 0. The molecule has 19 heavy (non-hydrogen) atoms. The number of carbonyl (C=O) groups is 1. The topological polar surface area (TPSA) is 60.0 Å². The minimum Gasteiger partial charge on any atom is -0.399 e. The minimum absolute atomic E-state index is 0.163. The Bertz CT molecular complexity index is 631. The Balaban J connectivity index is 1.84. The molecule has 0 saturated heterocycles. The van der Waals surface area contributed by atoms with Gasteiger partial charge in [-0.05, 0) is 37.1 Å². The van der Waals surface area contributed by atoms with Gasteiger partial charge in [-0.15, -0.1) is 0 Å². The Morgan fingerprint density at radius 3 is 2.84 bits per heavy atom. The second kappa shape index (κ2) is 4.63. The van der Waals surface area contributed by atoms with Crippen molar-refractivity contribution in [2.75, 3.05) is 11.1 Å². The molecule has 0 radical (unpaired) electrons. The highest BCUT2D eigenvalue weighted by Gasteiger charge is 2.27. The molecule has 0 atom stereocenters. The van der Waals surface area contributed by atoms with Crippen LogP contribution in [-0.4, -0.2) is 10.5 Å². The number of benzene rings is 1. The fourth-order valence-corrected chi connectivity index (χ4v) is 2.30. The number of nitrogen functional groups attached to an aromatic ring is 1. The van der Waals surface area contributed by atoms with Crippen LogP contribution in [0.1, 0.15) is 29.4 Å². The van der Waals surface area contributed by atoms with Crippen LogP contribution in [0.15, 0.2) is 36.5 Å². The molecule has 1 fully saturated rings. The number of carbonyl (C=O) groups excluding carboxylic acids is 1. The number of anilines is 2. The Labute approximate surface area is 116 Å². The van der Waals surface area contributed by atoms with Gasteiger partial charge in [0.15, 0.2) is 0 Å². The molecule has 0 aliphatic heterocycles. The molecule has 3 rings (SSSR count). The van der Waals surface area contributed by atoms with Gasteiger partial charge in [0, 0.05) is 23.6 Å². The molecule has 1 aliphatic carbocycles. The lowest BCUT2D eigenvalue weighted by Crippen LogP contribution is -2.16. The summed E-state index contributed by atoms with van der Waals surface area (Å²) in [4.78, 5) is 12.3. The predicted molar refractivity (Wildman–Crippen MR) is 76.5 cm³/mol. The lowest BCUT2D eigenvalue weighted by atomic mass is 10.2. The van der Waals surface area contributed by atoms with E-state index in [2.05, 4.69) is 5.32 Å². The van der Waals surface area contributed by atoms with E-state index in [-0.39, 0.29) is 5.91 Å². The van der Waals surface area contributed by atoms with Crippen LogP contribution >= 0.6 is 11.6 Å². The normalized spacial score (nSPS) is 14.4. The predicted octanol–water partition coefficient (Wildman–Crippen LogP) is 3.31. The van der Waals surface area contributed by atoms with E-state index in [0.717, 1.165) is 12.8 Å². The maximum absolute atomic E-state index is 12.3. The van der Waals surface area contributed by atoms with Gasteiger partial charge in [0.05, 0.1) is 5.02 Å². The monoisotopic (exact) mass is 275 g/mol. The average Bonchev–Trinajstić information content (AvgIpc) is 3.12. The number of rotatable bonds is 3. The highest BCUT2D eigenvalue weighted by atomic mass is 35.5. The van der Waals surface area contributed by atoms with Gasteiger partial charge in [0.2, 0.25) is 0 Å². The van der Waals surface area contributed by atoms with E-state index in [0.29, 0.717) is 28.1 Å². The maximum Gasteiger partial charge on any atom is 0.272 e. The number of halogens is 1.